The molecule has 1 fully saturated rings. The number of benzene rings is 1. The lowest BCUT2D eigenvalue weighted by Gasteiger charge is -2.34. The Balaban J connectivity index is 1.59. The van der Waals surface area contributed by atoms with Gasteiger partial charge in [-0.25, -0.2) is 4.98 Å². The third-order valence-electron chi connectivity index (χ3n) is 3.99. The Bertz CT molecular complexity index is 782. The van der Waals surface area contributed by atoms with Gasteiger partial charge in [-0.3, -0.25) is 25.1 Å². The largest absolute Gasteiger partial charge is 0.373 e. The molecule has 2 atom stereocenters. The number of morpholine rings is 1. The van der Waals surface area contributed by atoms with Crippen LogP contribution in [-0.4, -0.2) is 46.0 Å². The number of anilines is 1. The van der Waals surface area contributed by atoms with Crippen LogP contribution >= 0.6 is 11.3 Å². The van der Waals surface area contributed by atoms with Crippen LogP contribution in [0.3, 0.4) is 0 Å². The summed E-state index contributed by atoms with van der Waals surface area (Å²) >= 11 is 1.36. The Hall–Kier alpha value is -2.36. The highest BCUT2D eigenvalue weighted by Crippen LogP contribution is 2.20. The second-order valence-corrected chi connectivity index (χ2v) is 7.21. The van der Waals surface area contributed by atoms with Crippen LogP contribution in [0.25, 0.3) is 0 Å². The number of nitro groups is 1. The van der Waals surface area contributed by atoms with E-state index in [0.717, 1.165) is 18.8 Å². The normalized spacial score (nSPS) is 20.7. The molecule has 1 aromatic carbocycles. The van der Waals surface area contributed by atoms with Crippen molar-refractivity contribution in [3.63, 3.8) is 0 Å². The molecule has 9 heteroatoms. The van der Waals surface area contributed by atoms with E-state index in [2.05, 4.69) is 29.0 Å². The highest BCUT2D eigenvalue weighted by molar-refractivity contribution is 7.13. The molecule has 1 aliphatic rings. The fourth-order valence-corrected chi connectivity index (χ4v) is 3.68. The lowest BCUT2D eigenvalue weighted by atomic mass is 10.2. The number of carbonyl (C=O) groups excluding carboxylic acids is 1. The minimum Gasteiger partial charge on any atom is -0.373 e. The molecule has 0 radical (unpaired) electrons. The van der Waals surface area contributed by atoms with Crippen molar-refractivity contribution in [1.82, 2.24) is 9.88 Å². The van der Waals surface area contributed by atoms with Crippen LogP contribution in [0.1, 0.15) is 29.9 Å². The average molecular weight is 376 g/mol. The van der Waals surface area contributed by atoms with Crippen LogP contribution in [0, 0.1) is 10.1 Å². The number of nitrogens with zero attached hydrogens (tertiary/aromatic N) is 3. The number of ether oxygens (including phenoxy) is 1. The lowest BCUT2D eigenvalue weighted by Crippen LogP contribution is -2.44. The van der Waals surface area contributed by atoms with E-state index in [1.54, 1.807) is 0 Å². The highest BCUT2D eigenvalue weighted by atomic mass is 32.1. The smallest absolute Gasteiger partial charge is 0.269 e. The molecule has 0 aliphatic carbocycles. The van der Waals surface area contributed by atoms with Crippen LogP contribution in [0.15, 0.2) is 29.6 Å². The Kier molecular flexibility index (Phi) is 5.60. The first-order valence-corrected chi connectivity index (χ1v) is 9.16. The molecule has 26 heavy (non-hydrogen) atoms. The van der Waals surface area contributed by atoms with E-state index in [1.165, 1.54) is 35.6 Å². The molecule has 1 aromatic heterocycles. The fraction of sp³-hybridized carbons (Fsp3) is 0.412. The molecular weight excluding hydrogens is 356 g/mol. The quantitative estimate of drug-likeness (QED) is 0.636. The molecule has 0 bridgehead atoms. The highest BCUT2D eigenvalue weighted by Gasteiger charge is 2.22. The van der Waals surface area contributed by atoms with E-state index in [4.69, 9.17) is 4.74 Å². The Labute approximate surface area is 154 Å². The first-order valence-electron chi connectivity index (χ1n) is 8.28. The zero-order valence-electron chi connectivity index (χ0n) is 14.5. The van der Waals surface area contributed by atoms with Crippen LogP contribution in [0.2, 0.25) is 0 Å². The number of hydrogen-bond donors (Lipinski definition) is 1. The van der Waals surface area contributed by atoms with Gasteiger partial charge in [-0.1, -0.05) is 0 Å². The van der Waals surface area contributed by atoms with Gasteiger partial charge in [0.15, 0.2) is 5.13 Å². The van der Waals surface area contributed by atoms with Gasteiger partial charge in [0.25, 0.3) is 11.6 Å². The maximum Gasteiger partial charge on any atom is 0.269 e. The second kappa shape index (κ2) is 7.90. The molecule has 8 nitrogen and oxygen atoms in total. The van der Waals surface area contributed by atoms with Crippen molar-refractivity contribution in [3.8, 4) is 0 Å². The summed E-state index contributed by atoms with van der Waals surface area (Å²) in [5.41, 5.74) is 1.20. The molecule has 1 aliphatic heterocycles. The number of carbonyl (C=O) groups is 1. The van der Waals surface area contributed by atoms with Crippen LogP contribution in [-0.2, 0) is 11.3 Å². The number of aromatic nitrogens is 1. The molecule has 2 heterocycles. The molecule has 138 valence electrons. The van der Waals surface area contributed by atoms with Gasteiger partial charge in [-0.05, 0) is 26.0 Å². The molecule has 0 saturated carbocycles. The summed E-state index contributed by atoms with van der Waals surface area (Å²) in [4.78, 5) is 29.2. The van der Waals surface area contributed by atoms with Crippen LogP contribution in [0.5, 0.6) is 0 Å². The second-order valence-electron chi connectivity index (χ2n) is 6.35. The van der Waals surface area contributed by atoms with Crippen molar-refractivity contribution in [3.05, 3.63) is 51.0 Å². The van der Waals surface area contributed by atoms with Gasteiger partial charge in [0, 0.05) is 42.7 Å². The van der Waals surface area contributed by atoms with E-state index < -0.39 is 4.92 Å². The molecule has 1 N–H and O–H groups in total. The Morgan fingerprint density at radius 3 is 2.62 bits per heavy atom. The number of nitrogens with one attached hydrogen (secondary N) is 1. The van der Waals surface area contributed by atoms with E-state index in [9.17, 15) is 14.9 Å². The van der Waals surface area contributed by atoms with Gasteiger partial charge in [0.2, 0.25) is 0 Å². The molecule has 2 unspecified atom stereocenters. The lowest BCUT2D eigenvalue weighted by molar-refractivity contribution is -0.384. The number of hydrogen-bond acceptors (Lipinski definition) is 7. The number of amides is 1. The summed E-state index contributed by atoms with van der Waals surface area (Å²) in [7, 11) is 0. The first kappa shape index (κ1) is 18.4. The van der Waals surface area contributed by atoms with E-state index in [1.807, 2.05) is 5.38 Å². The number of nitro benzene ring substituents is 1. The molecule has 1 saturated heterocycles. The van der Waals surface area contributed by atoms with Gasteiger partial charge in [-0.15, -0.1) is 11.3 Å². The maximum absolute atomic E-state index is 12.2. The van der Waals surface area contributed by atoms with Crippen molar-refractivity contribution >= 4 is 28.1 Å². The number of non-ortho nitro benzene ring substituents is 1. The third-order valence-corrected chi connectivity index (χ3v) is 4.80. The van der Waals surface area contributed by atoms with Crippen molar-refractivity contribution in [2.45, 2.75) is 32.6 Å². The molecule has 0 spiro atoms. The van der Waals surface area contributed by atoms with Gasteiger partial charge < -0.3 is 4.74 Å². The SMILES string of the molecule is CC1CN(Cc2csc(NC(=O)c3ccc([N+](=O)[O-])cc3)n2)CC(C)O1. The number of rotatable bonds is 5. The van der Waals surface area contributed by atoms with E-state index in [0.29, 0.717) is 17.2 Å². The van der Waals surface area contributed by atoms with Gasteiger partial charge >= 0.3 is 0 Å². The van der Waals surface area contributed by atoms with Crippen molar-refractivity contribution in [2.75, 3.05) is 18.4 Å². The van der Waals surface area contributed by atoms with Gasteiger partial charge in [0.1, 0.15) is 0 Å². The maximum atomic E-state index is 12.2. The van der Waals surface area contributed by atoms with Crippen LogP contribution < -0.4 is 5.32 Å². The molecular formula is C17H20N4O4S. The van der Waals surface area contributed by atoms with Crippen LogP contribution in [0.4, 0.5) is 10.8 Å². The van der Waals surface area contributed by atoms with E-state index >= 15 is 0 Å². The van der Waals surface area contributed by atoms with Gasteiger partial charge in [-0.2, -0.15) is 0 Å². The summed E-state index contributed by atoms with van der Waals surface area (Å²) in [5, 5.41) is 15.8. The van der Waals surface area contributed by atoms with Crippen molar-refractivity contribution in [1.29, 1.82) is 0 Å². The standard InChI is InChI=1S/C17H20N4O4S/c1-11-7-20(8-12(2)25-11)9-14-10-26-17(18-14)19-16(22)13-3-5-15(6-4-13)21(23)24/h3-6,10-12H,7-9H2,1-2H3,(H,18,19,22). The summed E-state index contributed by atoms with van der Waals surface area (Å²) in [5.74, 6) is -0.339. The minimum atomic E-state index is -0.498. The molecule has 1 amide bonds. The van der Waals surface area contributed by atoms with Crippen molar-refractivity contribution < 1.29 is 14.5 Å². The first-order chi connectivity index (χ1) is 12.4. The summed E-state index contributed by atoms with van der Waals surface area (Å²) in [6.45, 7) is 6.53. The number of thiazole rings is 1. The topological polar surface area (TPSA) is 97.6 Å². The third kappa shape index (κ3) is 4.63. The van der Waals surface area contributed by atoms with Crippen molar-refractivity contribution in [2.24, 2.45) is 0 Å². The molecule has 3 rings (SSSR count). The fourth-order valence-electron chi connectivity index (χ4n) is 2.98. The molecule has 2 aromatic rings. The Morgan fingerprint density at radius 1 is 1.35 bits per heavy atom. The van der Waals surface area contributed by atoms with E-state index in [-0.39, 0.29) is 23.8 Å². The monoisotopic (exact) mass is 376 g/mol. The predicted octanol–water partition coefficient (Wildman–Crippen LogP) is 2.91. The summed E-state index contributed by atoms with van der Waals surface area (Å²) in [6.07, 6.45) is 0.386. The Morgan fingerprint density at radius 2 is 2.00 bits per heavy atom. The zero-order chi connectivity index (χ0) is 18.7. The van der Waals surface area contributed by atoms with Gasteiger partial charge in [0.05, 0.1) is 22.8 Å². The predicted molar refractivity (Wildman–Crippen MR) is 98.4 cm³/mol. The average Bonchev–Trinajstić information content (AvgIpc) is 3.00. The summed E-state index contributed by atoms with van der Waals surface area (Å²) < 4.78 is 5.73. The zero-order valence-corrected chi connectivity index (χ0v) is 15.4. The minimum absolute atomic E-state index is 0.0490. The summed E-state index contributed by atoms with van der Waals surface area (Å²) in [6, 6.07) is 5.48.